The first kappa shape index (κ1) is 15.0. The molecule has 1 amide bonds. The lowest BCUT2D eigenvalue weighted by molar-refractivity contribution is 0.0999. The Morgan fingerprint density at radius 3 is 2.44 bits per heavy atom. The number of hydrogen-bond acceptors (Lipinski definition) is 3. The Bertz CT molecular complexity index is 1020. The summed E-state index contributed by atoms with van der Waals surface area (Å²) in [6.07, 6.45) is 5.27. The lowest BCUT2D eigenvalue weighted by atomic mass is 10.1. The van der Waals surface area contributed by atoms with E-state index in [-0.39, 0.29) is 5.91 Å². The second-order valence-corrected chi connectivity index (χ2v) is 5.71. The van der Waals surface area contributed by atoms with E-state index >= 15 is 0 Å². The van der Waals surface area contributed by atoms with Gasteiger partial charge in [-0.15, -0.1) is 0 Å². The van der Waals surface area contributed by atoms with Gasteiger partial charge in [0.2, 0.25) is 0 Å². The topological polar surface area (TPSA) is 63.6 Å². The number of rotatable bonds is 3. The van der Waals surface area contributed by atoms with Crippen LogP contribution in [0.2, 0.25) is 0 Å². The summed E-state index contributed by atoms with van der Waals surface area (Å²) in [5.74, 6) is -0.111. The van der Waals surface area contributed by atoms with Gasteiger partial charge < -0.3 is 10.1 Å². The van der Waals surface area contributed by atoms with E-state index in [1.807, 2.05) is 59.1 Å². The van der Waals surface area contributed by atoms with Crippen LogP contribution < -0.4 is 10.6 Å². The summed E-state index contributed by atoms with van der Waals surface area (Å²) in [4.78, 5) is 19.0. The van der Waals surface area contributed by atoms with Crippen molar-refractivity contribution in [1.29, 1.82) is 0 Å². The van der Waals surface area contributed by atoms with Gasteiger partial charge in [0.25, 0.3) is 5.91 Å². The molecule has 2 aromatic carbocycles. The molecule has 4 rings (SSSR count). The molecular formula is C20H16N4O. The third-order valence-corrected chi connectivity index (χ3v) is 4.03. The maximum Gasteiger partial charge on any atom is 0.262 e. The molecule has 2 aromatic heterocycles. The molecular weight excluding hydrogens is 312 g/mol. The number of pyridine rings is 1. The third kappa shape index (κ3) is 2.83. The van der Waals surface area contributed by atoms with Gasteiger partial charge in [-0.3, -0.25) is 9.69 Å². The Kier molecular flexibility index (Phi) is 3.67. The molecule has 0 radical (unpaired) electrons. The largest absolute Gasteiger partial charge is 0.399 e. The number of anilines is 3. The normalized spacial score (nSPS) is 10.7. The van der Waals surface area contributed by atoms with Crippen molar-refractivity contribution in [3.8, 4) is 0 Å². The van der Waals surface area contributed by atoms with Crippen LogP contribution in [0.3, 0.4) is 0 Å². The maximum absolute atomic E-state index is 13.3. The van der Waals surface area contributed by atoms with Crippen molar-refractivity contribution in [3.63, 3.8) is 0 Å². The number of imidazole rings is 1. The first-order valence-corrected chi connectivity index (χ1v) is 7.89. The predicted octanol–water partition coefficient (Wildman–Crippen LogP) is 3.90. The molecule has 0 aliphatic rings. The van der Waals surface area contributed by atoms with Gasteiger partial charge in [-0.1, -0.05) is 18.2 Å². The standard InChI is InChI=1S/C20H16N4O/c21-16-6-8-18(9-7-16)24(17-4-2-1-3-5-17)20(25)15-10-11-23-14-22-13-19(23)12-15/h1-14H,21H2. The SMILES string of the molecule is Nc1ccc(N(C(=O)c2ccn3cncc3c2)c2ccccc2)cc1. The molecule has 25 heavy (non-hydrogen) atoms. The number of nitrogens with zero attached hydrogens (tertiary/aromatic N) is 3. The molecule has 0 aliphatic carbocycles. The number of hydrogen-bond donors (Lipinski definition) is 1. The van der Waals surface area contributed by atoms with Crippen molar-refractivity contribution < 1.29 is 4.79 Å². The summed E-state index contributed by atoms with van der Waals surface area (Å²) in [5, 5.41) is 0. The van der Waals surface area contributed by atoms with Crippen molar-refractivity contribution in [3.05, 3.63) is 91.0 Å². The first-order chi connectivity index (χ1) is 12.2. The lowest BCUT2D eigenvalue weighted by Crippen LogP contribution is -2.26. The number of carbonyl (C=O) groups is 1. The average Bonchev–Trinajstić information content (AvgIpc) is 3.12. The summed E-state index contributed by atoms with van der Waals surface area (Å²) in [7, 11) is 0. The monoisotopic (exact) mass is 328 g/mol. The fraction of sp³-hybridized carbons (Fsp3) is 0. The van der Waals surface area contributed by atoms with Crippen LogP contribution in [0.1, 0.15) is 10.4 Å². The number of aromatic nitrogens is 2. The van der Waals surface area contributed by atoms with Gasteiger partial charge in [-0.2, -0.15) is 0 Å². The predicted molar refractivity (Wildman–Crippen MR) is 99.0 cm³/mol. The summed E-state index contributed by atoms with van der Waals surface area (Å²) < 4.78 is 1.87. The van der Waals surface area contributed by atoms with Crippen molar-refractivity contribution in [2.24, 2.45) is 0 Å². The van der Waals surface area contributed by atoms with Crippen LogP contribution in [-0.4, -0.2) is 15.3 Å². The number of amides is 1. The van der Waals surface area contributed by atoms with Crippen molar-refractivity contribution in [1.82, 2.24) is 9.38 Å². The minimum Gasteiger partial charge on any atom is -0.399 e. The Morgan fingerprint density at radius 2 is 1.68 bits per heavy atom. The van der Waals surface area contributed by atoms with Gasteiger partial charge in [-0.05, 0) is 48.5 Å². The molecule has 122 valence electrons. The molecule has 0 saturated carbocycles. The number of nitrogen functional groups attached to an aromatic ring is 1. The van der Waals surface area contributed by atoms with E-state index in [0.29, 0.717) is 11.3 Å². The van der Waals surface area contributed by atoms with Crippen molar-refractivity contribution in [2.75, 3.05) is 10.6 Å². The highest BCUT2D eigenvalue weighted by Gasteiger charge is 2.20. The fourth-order valence-electron chi connectivity index (χ4n) is 2.77. The molecule has 0 aliphatic heterocycles. The molecule has 5 heteroatoms. The highest BCUT2D eigenvalue weighted by atomic mass is 16.2. The van der Waals surface area contributed by atoms with Crippen molar-refractivity contribution >= 4 is 28.5 Å². The van der Waals surface area contributed by atoms with Crippen LogP contribution >= 0.6 is 0 Å². The van der Waals surface area contributed by atoms with E-state index in [0.717, 1.165) is 16.9 Å². The van der Waals surface area contributed by atoms with E-state index in [9.17, 15) is 4.79 Å². The summed E-state index contributed by atoms with van der Waals surface area (Å²) >= 11 is 0. The Hall–Kier alpha value is -3.60. The number of para-hydroxylation sites is 1. The third-order valence-electron chi connectivity index (χ3n) is 4.03. The number of benzene rings is 2. The second-order valence-electron chi connectivity index (χ2n) is 5.71. The molecule has 0 fully saturated rings. The number of carbonyl (C=O) groups excluding carboxylic acids is 1. The molecule has 0 saturated heterocycles. The summed E-state index contributed by atoms with van der Waals surface area (Å²) in [5.41, 5.74) is 9.47. The zero-order valence-electron chi connectivity index (χ0n) is 13.4. The molecule has 0 atom stereocenters. The van der Waals surface area contributed by atoms with Crippen LogP contribution in [0, 0.1) is 0 Å². The van der Waals surface area contributed by atoms with E-state index < -0.39 is 0 Å². The van der Waals surface area contributed by atoms with Gasteiger partial charge in [-0.25, -0.2) is 4.98 Å². The van der Waals surface area contributed by atoms with E-state index in [1.165, 1.54) is 0 Å². The second kappa shape index (κ2) is 6.13. The van der Waals surface area contributed by atoms with E-state index in [1.54, 1.807) is 35.6 Å². The van der Waals surface area contributed by atoms with Crippen LogP contribution in [0.4, 0.5) is 17.1 Å². The van der Waals surface area contributed by atoms with Gasteiger partial charge in [0.05, 0.1) is 18.0 Å². The minimum absolute atomic E-state index is 0.111. The molecule has 0 spiro atoms. The summed E-state index contributed by atoms with van der Waals surface area (Å²) in [6.45, 7) is 0. The smallest absolute Gasteiger partial charge is 0.262 e. The Balaban J connectivity index is 1.81. The molecule has 5 nitrogen and oxygen atoms in total. The quantitative estimate of drug-likeness (QED) is 0.580. The van der Waals surface area contributed by atoms with Crippen LogP contribution in [-0.2, 0) is 0 Å². The molecule has 2 N–H and O–H groups in total. The zero-order chi connectivity index (χ0) is 17.2. The first-order valence-electron chi connectivity index (χ1n) is 7.89. The minimum atomic E-state index is -0.111. The highest BCUT2D eigenvalue weighted by Crippen LogP contribution is 2.28. The average molecular weight is 328 g/mol. The van der Waals surface area contributed by atoms with Crippen LogP contribution in [0.5, 0.6) is 0 Å². The van der Waals surface area contributed by atoms with E-state index in [2.05, 4.69) is 4.98 Å². The van der Waals surface area contributed by atoms with Crippen molar-refractivity contribution in [2.45, 2.75) is 0 Å². The molecule has 0 bridgehead atoms. The Morgan fingerprint density at radius 1 is 0.960 bits per heavy atom. The number of nitrogens with two attached hydrogens (primary N) is 1. The molecule has 0 unspecified atom stereocenters. The van der Waals surface area contributed by atoms with Gasteiger partial charge in [0.15, 0.2) is 0 Å². The summed E-state index contributed by atoms with van der Waals surface area (Å²) in [6, 6.07) is 20.5. The van der Waals surface area contributed by atoms with E-state index in [4.69, 9.17) is 5.73 Å². The Labute approximate surface area is 145 Å². The van der Waals surface area contributed by atoms with Gasteiger partial charge in [0.1, 0.15) is 0 Å². The highest BCUT2D eigenvalue weighted by molar-refractivity contribution is 6.11. The lowest BCUT2D eigenvalue weighted by Gasteiger charge is -2.23. The molecule has 4 aromatic rings. The van der Waals surface area contributed by atoms with Gasteiger partial charge in [0, 0.05) is 28.8 Å². The zero-order valence-corrected chi connectivity index (χ0v) is 13.4. The van der Waals surface area contributed by atoms with Crippen LogP contribution in [0.15, 0.2) is 85.5 Å². The van der Waals surface area contributed by atoms with Gasteiger partial charge >= 0.3 is 0 Å². The fourth-order valence-corrected chi connectivity index (χ4v) is 2.77. The number of fused-ring (bicyclic) bond motifs is 1. The van der Waals surface area contributed by atoms with Crippen LogP contribution in [0.25, 0.3) is 5.52 Å². The maximum atomic E-state index is 13.3. The molecule has 2 heterocycles.